The highest BCUT2D eigenvalue weighted by molar-refractivity contribution is 5.66. The van der Waals surface area contributed by atoms with Crippen LogP contribution in [0.3, 0.4) is 0 Å². The lowest BCUT2D eigenvalue weighted by Gasteiger charge is -2.56. The molecule has 3 rings (SSSR count). The predicted molar refractivity (Wildman–Crippen MR) is 50.1 cm³/mol. The molecule has 76 valence electrons. The lowest BCUT2D eigenvalue weighted by atomic mass is 9.47. The molecular formula is C11H15NO2. The number of fused-ring (bicyclic) bond motifs is 2. The Balaban J connectivity index is 2.10. The molecule has 0 saturated heterocycles. The monoisotopic (exact) mass is 193 g/mol. The van der Waals surface area contributed by atoms with Gasteiger partial charge in [0.05, 0.1) is 11.5 Å². The van der Waals surface area contributed by atoms with E-state index in [1.54, 1.807) is 0 Å². The molecule has 0 radical (unpaired) electrons. The van der Waals surface area contributed by atoms with Gasteiger partial charge < -0.3 is 4.74 Å². The van der Waals surface area contributed by atoms with Gasteiger partial charge in [-0.1, -0.05) is 0 Å². The number of nitriles is 1. The zero-order valence-corrected chi connectivity index (χ0v) is 8.62. The minimum atomic E-state index is -0.238. The Kier molecular flexibility index (Phi) is 2.02. The van der Waals surface area contributed by atoms with E-state index in [9.17, 15) is 4.79 Å². The maximum absolute atomic E-state index is 10.9. The maximum atomic E-state index is 10.9. The molecule has 3 nitrogen and oxygen atoms in total. The summed E-state index contributed by atoms with van der Waals surface area (Å²) < 4.78 is 5.25. The summed E-state index contributed by atoms with van der Waals surface area (Å²) in [6, 6.07) is 2.39. The van der Waals surface area contributed by atoms with E-state index in [2.05, 4.69) is 6.07 Å². The van der Waals surface area contributed by atoms with Crippen LogP contribution in [0.1, 0.15) is 33.1 Å². The first-order valence-corrected chi connectivity index (χ1v) is 5.16. The first kappa shape index (κ1) is 9.51. The maximum Gasteiger partial charge on any atom is 0.302 e. The van der Waals surface area contributed by atoms with Crippen molar-refractivity contribution in [3.05, 3.63) is 0 Å². The van der Waals surface area contributed by atoms with Crippen LogP contribution in [0.2, 0.25) is 0 Å². The van der Waals surface area contributed by atoms with E-state index >= 15 is 0 Å². The average molecular weight is 193 g/mol. The van der Waals surface area contributed by atoms with Gasteiger partial charge >= 0.3 is 5.97 Å². The zero-order valence-electron chi connectivity index (χ0n) is 8.62. The molecule has 3 fully saturated rings. The Morgan fingerprint density at radius 1 is 1.57 bits per heavy atom. The third kappa shape index (κ3) is 1.13. The first-order chi connectivity index (χ1) is 6.58. The summed E-state index contributed by atoms with van der Waals surface area (Å²) >= 11 is 0. The van der Waals surface area contributed by atoms with Gasteiger partial charge in [0.15, 0.2) is 0 Å². The van der Waals surface area contributed by atoms with Gasteiger partial charge in [0, 0.05) is 12.8 Å². The van der Waals surface area contributed by atoms with Crippen LogP contribution in [0.4, 0.5) is 0 Å². The summed E-state index contributed by atoms with van der Waals surface area (Å²) in [6.45, 7) is 3.44. The largest absolute Gasteiger partial charge is 0.462 e. The SMILES string of the molecule is CC(=O)OC1CCC2CC1C2(C)C#N. The molecule has 3 aliphatic carbocycles. The summed E-state index contributed by atoms with van der Waals surface area (Å²) in [6.07, 6.45) is 3.01. The highest BCUT2D eigenvalue weighted by Gasteiger charge is 2.59. The van der Waals surface area contributed by atoms with E-state index in [0.717, 1.165) is 19.3 Å². The third-order valence-corrected chi connectivity index (χ3v) is 3.96. The lowest BCUT2D eigenvalue weighted by Crippen LogP contribution is -2.56. The Morgan fingerprint density at radius 2 is 2.29 bits per heavy atom. The summed E-state index contributed by atoms with van der Waals surface area (Å²) in [7, 11) is 0. The molecule has 2 bridgehead atoms. The van der Waals surface area contributed by atoms with E-state index < -0.39 is 0 Å². The quantitative estimate of drug-likeness (QED) is 0.597. The molecule has 4 atom stereocenters. The summed E-state index contributed by atoms with van der Waals surface area (Å²) in [4.78, 5) is 10.9. The van der Waals surface area contributed by atoms with Crippen molar-refractivity contribution >= 4 is 5.97 Å². The second-order valence-corrected chi connectivity index (χ2v) is 4.66. The van der Waals surface area contributed by atoms with Gasteiger partial charge in [-0.05, 0) is 32.1 Å². The van der Waals surface area contributed by atoms with Crippen LogP contribution in [-0.2, 0) is 9.53 Å². The summed E-state index contributed by atoms with van der Waals surface area (Å²) in [5.74, 6) is 0.583. The number of hydrogen-bond donors (Lipinski definition) is 0. The lowest BCUT2D eigenvalue weighted by molar-refractivity contribution is -0.172. The van der Waals surface area contributed by atoms with E-state index in [0.29, 0.717) is 5.92 Å². The van der Waals surface area contributed by atoms with Crippen molar-refractivity contribution in [2.75, 3.05) is 0 Å². The first-order valence-electron chi connectivity index (χ1n) is 5.16. The van der Waals surface area contributed by atoms with Crippen molar-refractivity contribution in [2.24, 2.45) is 17.3 Å². The molecule has 0 amide bonds. The number of carbonyl (C=O) groups excluding carboxylic acids is 1. The smallest absolute Gasteiger partial charge is 0.302 e. The molecule has 3 saturated carbocycles. The number of carbonyl (C=O) groups is 1. The van der Waals surface area contributed by atoms with Gasteiger partial charge in [0.1, 0.15) is 6.10 Å². The molecular weight excluding hydrogens is 178 g/mol. The van der Waals surface area contributed by atoms with Gasteiger partial charge in [0.25, 0.3) is 0 Å². The molecule has 0 aliphatic heterocycles. The summed E-state index contributed by atoms with van der Waals surface area (Å²) in [5.41, 5.74) is -0.238. The number of rotatable bonds is 1. The van der Waals surface area contributed by atoms with Crippen LogP contribution in [0.5, 0.6) is 0 Å². The number of esters is 1. The number of nitrogens with zero attached hydrogens (tertiary/aromatic N) is 1. The minimum absolute atomic E-state index is 0.0119. The van der Waals surface area contributed by atoms with Gasteiger partial charge in [-0.25, -0.2) is 0 Å². The van der Waals surface area contributed by atoms with Gasteiger partial charge in [-0.3, -0.25) is 4.79 Å². The Labute approximate surface area is 84.0 Å². The molecule has 0 aromatic rings. The molecule has 0 spiro atoms. The van der Waals surface area contributed by atoms with E-state index in [-0.39, 0.29) is 23.4 Å². The van der Waals surface area contributed by atoms with Crippen molar-refractivity contribution in [3.8, 4) is 6.07 Å². The molecule has 3 heteroatoms. The molecule has 4 unspecified atom stereocenters. The molecule has 0 N–H and O–H groups in total. The van der Waals surface area contributed by atoms with Crippen molar-refractivity contribution in [2.45, 2.75) is 39.2 Å². The van der Waals surface area contributed by atoms with Crippen LogP contribution in [0.25, 0.3) is 0 Å². The van der Waals surface area contributed by atoms with E-state index in [1.807, 2.05) is 6.92 Å². The van der Waals surface area contributed by atoms with Crippen molar-refractivity contribution in [1.29, 1.82) is 5.26 Å². The van der Waals surface area contributed by atoms with Gasteiger partial charge in [-0.2, -0.15) is 5.26 Å². The zero-order chi connectivity index (χ0) is 10.3. The van der Waals surface area contributed by atoms with Crippen LogP contribution >= 0.6 is 0 Å². The van der Waals surface area contributed by atoms with Crippen molar-refractivity contribution < 1.29 is 9.53 Å². The Bertz CT molecular complexity index is 305. The van der Waals surface area contributed by atoms with Crippen LogP contribution in [-0.4, -0.2) is 12.1 Å². The second kappa shape index (κ2) is 2.98. The minimum Gasteiger partial charge on any atom is -0.462 e. The van der Waals surface area contributed by atoms with Crippen molar-refractivity contribution in [1.82, 2.24) is 0 Å². The van der Waals surface area contributed by atoms with Crippen LogP contribution < -0.4 is 0 Å². The molecule has 0 aromatic carbocycles. The highest BCUT2D eigenvalue weighted by Crippen LogP contribution is 2.59. The molecule has 0 aromatic heterocycles. The molecule has 3 aliphatic rings. The van der Waals surface area contributed by atoms with Crippen LogP contribution in [0, 0.1) is 28.6 Å². The average Bonchev–Trinajstić information content (AvgIpc) is 2.15. The van der Waals surface area contributed by atoms with Crippen LogP contribution in [0.15, 0.2) is 0 Å². The normalized spacial score (nSPS) is 44.8. The standard InChI is InChI=1S/C11H15NO2/c1-7(13)14-10-4-3-8-5-9(10)11(8,2)6-12/h8-10H,3-5H2,1-2H3. The summed E-state index contributed by atoms with van der Waals surface area (Å²) in [5, 5.41) is 9.11. The highest BCUT2D eigenvalue weighted by atomic mass is 16.5. The Hall–Kier alpha value is -1.04. The van der Waals surface area contributed by atoms with Gasteiger partial charge in [0.2, 0.25) is 0 Å². The third-order valence-electron chi connectivity index (χ3n) is 3.96. The number of ether oxygens (including phenoxy) is 1. The molecule has 14 heavy (non-hydrogen) atoms. The Morgan fingerprint density at radius 3 is 2.79 bits per heavy atom. The van der Waals surface area contributed by atoms with E-state index in [1.165, 1.54) is 6.92 Å². The fourth-order valence-corrected chi connectivity index (χ4v) is 2.99. The van der Waals surface area contributed by atoms with Crippen molar-refractivity contribution in [3.63, 3.8) is 0 Å². The fourth-order valence-electron chi connectivity index (χ4n) is 2.99. The predicted octanol–water partition coefficient (Wildman–Crippen LogP) is 1.88. The fraction of sp³-hybridized carbons (Fsp3) is 0.818. The topological polar surface area (TPSA) is 50.1 Å². The van der Waals surface area contributed by atoms with E-state index in [4.69, 9.17) is 10.00 Å². The molecule has 0 heterocycles. The van der Waals surface area contributed by atoms with Gasteiger partial charge in [-0.15, -0.1) is 0 Å². The number of hydrogen-bond acceptors (Lipinski definition) is 3. The second-order valence-electron chi connectivity index (χ2n) is 4.66.